The molecule has 0 atom stereocenters. The number of non-ortho nitro benzene ring substituents is 1. The van der Waals surface area contributed by atoms with Crippen molar-refractivity contribution in [3.05, 3.63) is 100 Å². The van der Waals surface area contributed by atoms with Crippen LogP contribution in [0.4, 0.5) is 11.4 Å². The van der Waals surface area contributed by atoms with E-state index in [2.05, 4.69) is 10.6 Å². The Labute approximate surface area is 184 Å². The summed E-state index contributed by atoms with van der Waals surface area (Å²) in [7, 11) is 0. The van der Waals surface area contributed by atoms with Crippen LogP contribution in [0.3, 0.4) is 0 Å². The molecule has 0 unspecified atom stereocenters. The number of hydrogen-bond donors (Lipinski definition) is 2. The Balaban J connectivity index is 1.53. The molecule has 0 aliphatic carbocycles. The van der Waals surface area contributed by atoms with Crippen LogP contribution < -0.4 is 10.6 Å². The maximum Gasteiger partial charge on any atom is 0.269 e. The van der Waals surface area contributed by atoms with Crippen molar-refractivity contribution in [2.75, 3.05) is 17.6 Å². The van der Waals surface area contributed by atoms with E-state index in [1.807, 2.05) is 30.3 Å². The Morgan fingerprint density at radius 1 is 0.903 bits per heavy atom. The van der Waals surface area contributed by atoms with Crippen molar-refractivity contribution >= 4 is 35.0 Å². The third-order valence-corrected chi connectivity index (χ3v) is 5.42. The zero-order valence-corrected chi connectivity index (χ0v) is 17.4. The average Bonchev–Trinajstić information content (AvgIpc) is 2.79. The molecule has 0 radical (unpaired) electrons. The normalized spacial score (nSPS) is 10.3. The Kier molecular flexibility index (Phi) is 7.78. The number of carbonyl (C=O) groups excluding carboxylic acids is 2. The van der Waals surface area contributed by atoms with Crippen molar-refractivity contribution in [2.45, 2.75) is 11.3 Å². The molecule has 0 heterocycles. The van der Waals surface area contributed by atoms with Gasteiger partial charge in [0.15, 0.2) is 0 Å². The van der Waals surface area contributed by atoms with Crippen LogP contribution >= 0.6 is 11.8 Å². The first-order valence-electron chi connectivity index (χ1n) is 9.61. The minimum atomic E-state index is -0.469. The van der Waals surface area contributed by atoms with Gasteiger partial charge in [0.1, 0.15) is 0 Å². The molecule has 0 aliphatic heterocycles. The largest absolute Gasteiger partial charge is 0.352 e. The van der Waals surface area contributed by atoms with Gasteiger partial charge in [-0.25, -0.2) is 0 Å². The van der Waals surface area contributed by atoms with Crippen LogP contribution in [0.2, 0.25) is 0 Å². The first-order valence-corrected chi connectivity index (χ1v) is 10.6. The van der Waals surface area contributed by atoms with E-state index in [0.29, 0.717) is 24.2 Å². The van der Waals surface area contributed by atoms with Gasteiger partial charge in [-0.15, -0.1) is 11.8 Å². The van der Waals surface area contributed by atoms with E-state index in [4.69, 9.17) is 0 Å². The summed E-state index contributed by atoms with van der Waals surface area (Å²) >= 11 is 1.26. The van der Waals surface area contributed by atoms with Gasteiger partial charge in [0.05, 0.1) is 21.9 Å². The predicted octanol–water partition coefficient (Wildman–Crippen LogP) is 4.30. The standard InChI is InChI=1S/C23H21N3O4S/c27-22(16-31-19-12-10-18(11-13-19)26(29)30)25-21-9-5-4-8-20(21)23(28)24-15-14-17-6-2-1-3-7-17/h1-13H,14-16H2,(H,24,28)(H,25,27). The minimum absolute atomic E-state index is 0.000931. The van der Waals surface area contributed by atoms with Crippen LogP contribution in [0.15, 0.2) is 83.8 Å². The van der Waals surface area contributed by atoms with Crippen molar-refractivity contribution in [3.8, 4) is 0 Å². The number of rotatable bonds is 9. The number of nitro benzene ring substituents is 1. The number of benzene rings is 3. The number of amides is 2. The fourth-order valence-electron chi connectivity index (χ4n) is 2.85. The summed E-state index contributed by atoms with van der Waals surface area (Å²) < 4.78 is 0. The number of nitrogens with one attached hydrogen (secondary N) is 2. The fraction of sp³-hybridized carbons (Fsp3) is 0.130. The summed E-state index contributed by atoms with van der Waals surface area (Å²) in [5.74, 6) is -0.412. The zero-order valence-electron chi connectivity index (χ0n) is 16.6. The lowest BCUT2D eigenvalue weighted by molar-refractivity contribution is -0.384. The molecule has 158 valence electrons. The van der Waals surface area contributed by atoms with Crippen LogP contribution in [0, 0.1) is 10.1 Å². The van der Waals surface area contributed by atoms with Crippen LogP contribution in [0.25, 0.3) is 0 Å². The molecule has 0 bridgehead atoms. The molecule has 0 saturated carbocycles. The lowest BCUT2D eigenvalue weighted by atomic mass is 10.1. The number of thioether (sulfide) groups is 1. The number of nitrogens with zero attached hydrogens (tertiary/aromatic N) is 1. The van der Waals surface area contributed by atoms with Crippen molar-refractivity contribution in [3.63, 3.8) is 0 Å². The van der Waals surface area contributed by atoms with Crippen molar-refractivity contribution in [2.24, 2.45) is 0 Å². The lowest BCUT2D eigenvalue weighted by Crippen LogP contribution is -2.27. The molecule has 0 saturated heterocycles. The molecule has 3 rings (SSSR count). The van der Waals surface area contributed by atoms with Crippen LogP contribution in [0.1, 0.15) is 15.9 Å². The summed E-state index contributed by atoms with van der Waals surface area (Å²) in [6, 6.07) is 22.7. The van der Waals surface area contributed by atoms with Gasteiger partial charge in [-0.3, -0.25) is 19.7 Å². The van der Waals surface area contributed by atoms with Gasteiger partial charge < -0.3 is 10.6 Å². The summed E-state index contributed by atoms with van der Waals surface area (Å²) in [6.07, 6.45) is 0.715. The molecule has 2 N–H and O–H groups in total. The third kappa shape index (κ3) is 6.68. The highest BCUT2D eigenvalue weighted by molar-refractivity contribution is 8.00. The van der Waals surface area contributed by atoms with E-state index in [-0.39, 0.29) is 23.3 Å². The van der Waals surface area contributed by atoms with Gasteiger partial charge >= 0.3 is 0 Å². The second-order valence-corrected chi connectivity index (χ2v) is 7.67. The van der Waals surface area contributed by atoms with Crippen LogP contribution in [-0.2, 0) is 11.2 Å². The molecule has 31 heavy (non-hydrogen) atoms. The molecule has 0 aromatic heterocycles. The van der Waals surface area contributed by atoms with Crippen LogP contribution in [0.5, 0.6) is 0 Å². The highest BCUT2D eigenvalue weighted by Crippen LogP contribution is 2.22. The molecule has 2 amide bonds. The number of carbonyl (C=O) groups is 2. The lowest BCUT2D eigenvalue weighted by Gasteiger charge is -2.11. The van der Waals surface area contributed by atoms with Gasteiger partial charge in [0, 0.05) is 23.6 Å². The first-order chi connectivity index (χ1) is 15.0. The highest BCUT2D eigenvalue weighted by atomic mass is 32.2. The predicted molar refractivity (Wildman–Crippen MR) is 121 cm³/mol. The maximum absolute atomic E-state index is 12.6. The smallest absolute Gasteiger partial charge is 0.269 e. The molecule has 7 nitrogen and oxygen atoms in total. The Bertz CT molecular complexity index is 1060. The SMILES string of the molecule is O=C(CSc1ccc([N+](=O)[O-])cc1)Nc1ccccc1C(=O)NCCc1ccccc1. The maximum atomic E-state index is 12.6. The fourth-order valence-corrected chi connectivity index (χ4v) is 3.55. The van der Waals surface area contributed by atoms with Crippen molar-refractivity contribution in [1.29, 1.82) is 0 Å². The molecule has 3 aromatic carbocycles. The first kappa shape index (κ1) is 22.0. The summed E-state index contributed by atoms with van der Waals surface area (Å²) in [5.41, 5.74) is 1.96. The van der Waals surface area contributed by atoms with E-state index < -0.39 is 4.92 Å². The number of hydrogen-bond acceptors (Lipinski definition) is 5. The summed E-state index contributed by atoms with van der Waals surface area (Å²) in [5, 5.41) is 16.4. The van der Waals surface area contributed by atoms with Gasteiger partial charge in [-0.1, -0.05) is 42.5 Å². The topological polar surface area (TPSA) is 101 Å². The Morgan fingerprint density at radius 3 is 2.29 bits per heavy atom. The van der Waals surface area contributed by atoms with E-state index >= 15 is 0 Å². The number of para-hydroxylation sites is 1. The molecular formula is C23H21N3O4S. The van der Waals surface area contributed by atoms with E-state index in [9.17, 15) is 19.7 Å². The Hall–Kier alpha value is -3.65. The molecule has 0 fully saturated rings. The van der Waals surface area contributed by atoms with Gasteiger partial charge in [-0.2, -0.15) is 0 Å². The zero-order chi connectivity index (χ0) is 22.1. The third-order valence-electron chi connectivity index (χ3n) is 4.41. The number of anilines is 1. The second-order valence-electron chi connectivity index (χ2n) is 6.62. The van der Waals surface area contributed by atoms with Gasteiger partial charge in [0.2, 0.25) is 5.91 Å². The summed E-state index contributed by atoms with van der Waals surface area (Å²) in [6.45, 7) is 0.487. The van der Waals surface area contributed by atoms with Gasteiger partial charge in [-0.05, 0) is 36.2 Å². The monoisotopic (exact) mass is 435 g/mol. The molecule has 8 heteroatoms. The highest BCUT2D eigenvalue weighted by Gasteiger charge is 2.13. The van der Waals surface area contributed by atoms with E-state index in [1.54, 1.807) is 36.4 Å². The van der Waals surface area contributed by atoms with E-state index in [1.165, 1.54) is 23.9 Å². The second kappa shape index (κ2) is 10.9. The van der Waals surface area contributed by atoms with Gasteiger partial charge in [0.25, 0.3) is 11.6 Å². The Morgan fingerprint density at radius 2 is 1.58 bits per heavy atom. The average molecular weight is 436 g/mol. The molecule has 3 aromatic rings. The molecular weight excluding hydrogens is 414 g/mol. The molecule has 0 aliphatic rings. The minimum Gasteiger partial charge on any atom is -0.352 e. The van der Waals surface area contributed by atoms with Crippen molar-refractivity contribution < 1.29 is 14.5 Å². The molecule has 0 spiro atoms. The quantitative estimate of drug-likeness (QED) is 0.296. The summed E-state index contributed by atoms with van der Waals surface area (Å²) in [4.78, 5) is 35.9. The number of nitro groups is 1. The van der Waals surface area contributed by atoms with E-state index in [0.717, 1.165) is 10.5 Å². The van der Waals surface area contributed by atoms with Crippen molar-refractivity contribution in [1.82, 2.24) is 5.32 Å². The van der Waals surface area contributed by atoms with Crippen LogP contribution in [-0.4, -0.2) is 29.0 Å².